The van der Waals surface area contributed by atoms with Crippen molar-refractivity contribution >= 4 is 31.5 Å². The Hall–Kier alpha value is -2.23. The number of nitrogens with zero attached hydrogens (tertiary/aromatic N) is 1. The average Bonchev–Trinajstić information content (AvgIpc) is 3.17. The minimum absolute atomic E-state index is 0.0430. The molecular formula is C18H20N2O5S2. The quantitative estimate of drug-likeness (QED) is 0.740. The molecule has 7 nitrogen and oxygen atoms in total. The Bertz CT molecular complexity index is 1040. The molecule has 0 unspecified atom stereocenters. The van der Waals surface area contributed by atoms with Gasteiger partial charge < -0.3 is 0 Å². The van der Waals surface area contributed by atoms with Crippen molar-refractivity contribution in [3.63, 3.8) is 0 Å². The van der Waals surface area contributed by atoms with Crippen molar-refractivity contribution in [2.75, 3.05) is 17.8 Å². The van der Waals surface area contributed by atoms with Crippen molar-refractivity contribution in [1.82, 2.24) is 4.31 Å². The largest absolute Gasteiger partial charge is 0.295 e. The van der Waals surface area contributed by atoms with Gasteiger partial charge in [0.1, 0.15) is 0 Å². The van der Waals surface area contributed by atoms with E-state index in [1.54, 1.807) is 0 Å². The Kier molecular flexibility index (Phi) is 5.36. The Morgan fingerprint density at radius 3 is 1.89 bits per heavy atom. The van der Waals surface area contributed by atoms with Crippen LogP contribution in [0.5, 0.6) is 0 Å². The first-order valence-electron chi connectivity index (χ1n) is 8.44. The summed E-state index contributed by atoms with van der Waals surface area (Å²) in [5, 5.41) is 0. The number of anilines is 1. The van der Waals surface area contributed by atoms with Gasteiger partial charge in [-0.25, -0.2) is 16.8 Å². The second-order valence-corrected chi connectivity index (χ2v) is 9.94. The molecule has 0 spiro atoms. The number of hydrogen-bond donors (Lipinski definition) is 1. The molecule has 1 aliphatic rings. The summed E-state index contributed by atoms with van der Waals surface area (Å²) in [6, 6.07) is 11.2. The summed E-state index contributed by atoms with van der Waals surface area (Å²) in [5.74, 6) is -0.112. The van der Waals surface area contributed by atoms with Crippen molar-refractivity contribution in [1.29, 1.82) is 0 Å². The van der Waals surface area contributed by atoms with E-state index in [0.717, 1.165) is 12.8 Å². The monoisotopic (exact) mass is 408 g/mol. The molecule has 0 radical (unpaired) electrons. The topological polar surface area (TPSA) is 101 Å². The highest BCUT2D eigenvalue weighted by Crippen LogP contribution is 2.23. The number of carbonyl (C=O) groups is 1. The highest BCUT2D eigenvalue weighted by molar-refractivity contribution is 7.92. The summed E-state index contributed by atoms with van der Waals surface area (Å²) >= 11 is 0. The summed E-state index contributed by atoms with van der Waals surface area (Å²) < 4.78 is 53.8. The zero-order valence-corrected chi connectivity index (χ0v) is 16.4. The summed E-state index contributed by atoms with van der Waals surface area (Å²) in [5.41, 5.74) is 0.795. The van der Waals surface area contributed by atoms with Crippen LogP contribution >= 0.6 is 0 Å². The molecule has 1 heterocycles. The number of ketones is 1. The van der Waals surface area contributed by atoms with Gasteiger partial charge in [-0.05, 0) is 68.3 Å². The highest BCUT2D eigenvalue weighted by atomic mass is 32.2. The zero-order valence-electron chi connectivity index (χ0n) is 14.8. The van der Waals surface area contributed by atoms with Gasteiger partial charge in [0.05, 0.1) is 9.79 Å². The number of nitrogens with one attached hydrogen (secondary N) is 1. The average molecular weight is 409 g/mol. The third-order valence-electron chi connectivity index (χ3n) is 4.38. The van der Waals surface area contributed by atoms with Crippen LogP contribution in [0.4, 0.5) is 5.69 Å². The maximum atomic E-state index is 12.5. The molecule has 27 heavy (non-hydrogen) atoms. The first-order chi connectivity index (χ1) is 12.7. The smallest absolute Gasteiger partial charge is 0.261 e. The van der Waals surface area contributed by atoms with E-state index in [-0.39, 0.29) is 15.6 Å². The molecule has 0 atom stereocenters. The predicted octanol–water partition coefficient (Wildman–Crippen LogP) is 2.47. The number of benzene rings is 2. The summed E-state index contributed by atoms with van der Waals surface area (Å²) in [6.45, 7) is 2.40. The molecule has 144 valence electrons. The summed E-state index contributed by atoms with van der Waals surface area (Å²) in [6.07, 6.45) is 1.66. The van der Waals surface area contributed by atoms with Gasteiger partial charge >= 0.3 is 0 Å². The molecular weight excluding hydrogens is 388 g/mol. The number of hydrogen-bond acceptors (Lipinski definition) is 5. The van der Waals surface area contributed by atoms with Crippen LogP contribution in [0.2, 0.25) is 0 Å². The van der Waals surface area contributed by atoms with Crippen molar-refractivity contribution < 1.29 is 21.6 Å². The second-order valence-electron chi connectivity index (χ2n) is 6.32. The normalized spacial score (nSPS) is 15.6. The fourth-order valence-corrected chi connectivity index (χ4v) is 5.43. The van der Waals surface area contributed by atoms with Gasteiger partial charge in [-0.15, -0.1) is 0 Å². The van der Waals surface area contributed by atoms with Crippen LogP contribution in [0.25, 0.3) is 0 Å². The Morgan fingerprint density at radius 2 is 1.37 bits per heavy atom. The van der Waals surface area contributed by atoms with Gasteiger partial charge in [-0.1, -0.05) is 0 Å². The molecule has 2 aromatic carbocycles. The molecule has 2 aromatic rings. The Balaban J connectivity index is 1.80. The molecule has 0 aliphatic carbocycles. The van der Waals surface area contributed by atoms with Crippen molar-refractivity contribution in [3.8, 4) is 0 Å². The van der Waals surface area contributed by atoms with Crippen LogP contribution < -0.4 is 4.72 Å². The lowest BCUT2D eigenvalue weighted by molar-refractivity contribution is 0.101. The van der Waals surface area contributed by atoms with E-state index in [2.05, 4.69) is 4.72 Å². The van der Waals surface area contributed by atoms with E-state index in [1.807, 2.05) is 0 Å². The van der Waals surface area contributed by atoms with Gasteiger partial charge in [-0.2, -0.15) is 4.31 Å². The van der Waals surface area contributed by atoms with E-state index < -0.39 is 20.0 Å². The van der Waals surface area contributed by atoms with Crippen molar-refractivity contribution in [2.24, 2.45) is 0 Å². The minimum atomic E-state index is -3.87. The predicted molar refractivity (Wildman–Crippen MR) is 102 cm³/mol. The second kappa shape index (κ2) is 7.41. The van der Waals surface area contributed by atoms with Crippen molar-refractivity contribution in [3.05, 3.63) is 54.1 Å². The molecule has 0 saturated carbocycles. The lowest BCUT2D eigenvalue weighted by Crippen LogP contribution is -2.27. The number of carbonyl (C=O) groups excluding carboxylic acids is 1. The van der Waals surface area contributed by atoms with Crippen LogP contribution in [0.3, 0.4) is 0 Å². The Morgan fingerprint density at radius 1 is 0.852 bits per heavy atom. The molecule has 0 bridgehead atoms. The lowest BCUT2D eigenvalue weighted by Gasteiger charge is -2.15. The van der Waals surface area contributed by atoms with E-state index >= 15 is 0 Å². The third-order valence-corrected chi connectivity index (χ3v) is 7.69. The summed E-state index contributed by atoms with van der Waals surface area (Å²) in [7, 11) is -7.46. The van der Waals surface area contributed by atoms with Gasteiger partial charge in [0.15, 0.2) is 5.78 Å². The maximum absolute atomic E-state index is 12.5. The molecule has 1 N–H and O–H groups in total. The first kappa shape index (κ1) is 19.5. The van der Waals surface area contributed by atoms with E-state index in [9.17, 15) is 21.6 Å². The fourth-order valence-electron chi connectivity index (χ4n) is 2.86. The number of sulfonamides is 2. The van der Waals surface area contributed by atoms with Gasteiger partial charge in [0.25, 0.3) is 10.0 Å². The van der Waals surface area contributed by atoms with Gasteiger partial charge in [0, 0.05) is 24.3 Å². The molecule has 9 heteroatoms. The van der Waals surface area contributed by atoms with E-state index in [4.69, 9.17) is 0 Å². The van der Waals surface area contributed by atoms with Gasteiger partial charge in [-0.3, -0.25) is 9.52 Å². The van der Waals surface area contributed by atoms with Crippen LogP contribution in [0.15, 0.2) is 58.3 Å². The van der Waals surface area contributed by atoms with Crippen molar-refractivity contribution in [2.45, 2.75) is 29.6 Å². The first-order valence-corrected chi connectivity index (χ1v) is 11.4. The zero-order chi connectivity index (χ0) is 19.7. The SMILES string of the molecule is CC(=O)c1ccc(NS(=O)(=O)c2ccc(S(=O)(=O)N3CCCC3)cc2)cc1. The van der Waals surface area contributed by atoms with Gasteiger partial charge in [0.2, 0.25) is 10.0 Å². The lowest BCUT2D eigenvalue weighted by atomic mass is 10.1. The number of Topliss-reactive ketones (excluding diaryl/α,β-unsaturated/α-hetero) is 1. The maximum Gasteiger partial charge on any atom is 0.261 e. The third kappa shape index (κ3) is 4.20. The van der Waals surface area contributed by atoms with E-state index in [1.165, 1.54) is 59.8 Å². The highest BCUT2D eigenvalue weighted by Gasteiger charge is 2.27. The molecule has 0 amide bonds. The van der Waals surface area contributed by atoms with Crippen LogP contribution in [0, 0.1) is 0 Å². The molecule has 0 aromatic heterocycles. The molecule has 1 aliphatic heterocycles. The van der Waals surface area contributed by atoms with Crippen LogP contribution in [0.1, 0.15) is 30.1 Å². The minimum Gasteiger partial charge on any atom is -0.295 e. The fraction of sp³-hybridized carbons (Fsp3) is 0.278. The molecule has 1 fully saturated rings. The van der Waals surface area contributed by atoms with Crippen LogP contribution in [-0.2, 0) is 20.0 Å². The molecule has 3 rings (SSSR count). The molecule has 1 saturated heterocycles. The Labute approximate surface area is 159 Å². The summed E-state index contributed by atoms with van der Waals surface area (Å²) in [4.78, 5) is 11.3. The van der Waals surface area contributed by atoms with Crippen LogP contribution in [-0.4, -0.2) is 40.0 Å². The standard InChI is InChI=1S/C18H20N2O5S2/c1-14(21)15-4-6-16(7-5-15)19-26(22,23)17-8-10-18(11-9-17)27(24,25)20-12-2-3-13-20/h4-11,19H,2-3,12-13H2,1H3. The van der Waals surface area contributed by atoms with E-state index in [0.29, 0.717) is 24.3 Å². The number of rotatable bonds is 6.